The summed E-state index contributed by atoms with van der Waals surface area (Å²) in [7, 11) is -3.49. The van der Waals surface area contributed by atoms with Gasteiger partial charge in [-0.05, 0) is 49.7 Å². The number of nitrogens with zero attached hydrogens (tertiary/aromatic N) is 4. The van der Waals surface area contributed by atoms with Crippen molar-refractivity contribution in [2.24, 2.45) is 11.0 Å². The third kappa shape index (κ3) is 5.24. The summed E-state index contributed by atoms with van der Waals surface area (Å²) >= 11 is 0. The fourth-order valence-corrected chi connectivity index (χ4v) is 10.4. The molecule has 4 aliphatic heterocycles. The number of hydrogen-bond acceptors (Lipinski definition) is 6. The van der Waals surface area contributed by atoms with E-state index in [4.69, 9.17) is 9.84 Å². The molecule has 45 heavy (non-hydrogen) atoms. The number of benzene rings is 2. The van der Waals surface area contributed by atoms with E-state index in [1.54, 1.807) is 47.2 Å². The molecule has 6 rings (SSSR count). The molecular formula is C34H41FN4O5Si. The van der Waals surface area contributed by atoms with E-state index >= 15 is 4.11 Å². The van der Waals surface area contributed by atoms with Gasteiger partial charge >= 0.3 is 0 Å². The van der Waals surface area contributed by atoms with Gasteiger partial charge in [0, 0.05) is 43.0 Å². The summed E-state index contributed by atoms with van der Waals surface area (Å²) in [5.41, 5.74) is 1.16. The minimum Gasteiger partial charge on any atom is -0.394 e. The molecule has 4 aliphatic rings. The summed E-state index contributed by atoms with van der Waals surface area (Å²) in [5.74, 6) is -1.29. The van der Waals surface area contributed by atoms with Gasteiger partial charge in [0.1, 0.15) is 0 Å². The van der Waals surface area contributed by atoms with Gasteiger partial charge in [0.2, 0.25) is 20.2 Å². The molecule has 2 saturated heterocycles. The highest BCUT2D eigenvalue weighted by Gasteiger charge is 2.67. The maximum Gasteiger partial charge on any atom is 0.264 e. The number of hydrogen-bond donors (Lipinski definition) is 1. The molecule has 0 aromatic heterocycles. The van der Waals surface area contributed by atoms with Crippen molar-refractivity contribution in [1.29, 1.82) is 0 Å². The Bertz CT molecular complexity index is 1540. The molecule has 0 radical (unpaired) electrons. The summed E-state index contributed by atoms with van der Waals surface area (Å²) < 4.78 is 23.0. The van der Waals surface area contributed by atoms with Crippen molar-refractivity contribution in [2.75, 3.05) is 29.6 Å². The Labute approximate surface area is 264 Å². The Morgan fingerprint density at radius 1 is 1.20 bits per heavy atom. The Kier molecular flexibility index (Phi) is 8.30. The van der Waals surface area contributed by atoms with Crippen molar-refractivity contribution in [3.8, 4) is 0 Å². The van der Waals surface area contributed by atoms with Crippen LogP contribution in [0.4, 0.5) is 15.5 Å². The summed E-state index contributed by atoms with van der Waals surface area (Å²) in [6.07, 6.45) is 3.04. The van der Waals surface area contributed by atoms with Gasteiger partial charge in [0.05, 0.1) is 42.3 Å². The monoisotopic (exact) mass is 632 g/mol. The van der Waals surface area contributed by atoms with Crippen LogP contribution in [0.15, 0.2) is 66.3 Å². The van der Waals surface area contributed by atoms with Gasteiger partial charge in [-0.15, -0.1) is 6.58 Å². The highest BCUT2D eigenvalue weighted by molar-refractivity contribution is 6.72. The first-order valence-electron chi connectivity index (χ1n) is 15.8. The van der Waals surface area contributed by atoms with Crippen LogP contribution in [0.5, 0.6) is 0 Å². The molecule has 1 N–H and O–H groups in total. The lowest BCUT2D eigenvalue weighted by atomic mass is 9.82. The molecule has 2 fully saturated rings. The molecule has 0 unspecified atom stereocenters. The van der Waals surface area contributed by atoms with Crippen LogP contribution in [-0.2, 0) is 24.7 Å². The second-order valence-electron chi connectivity index (χ2n) is 13.1. The Balaban J connectivity index is 1.42. The number of fused-ring (bicyclic) bond motifs is 2. The van der Waals surface area contributed by atoms with E-state index in [1.807, 2.05) is 37.3 Å². The molecule has 2 aromatic carbocycles. The van der Waals surface area contributed by atoms with Gasteiger partial charge in [0.15, 0.2) is 5.60 Å². The summed E-state index contributed by atoms with van der Waals surface area (Å²) in [6, 6.07) is 14.8. The van der Waals surface area contributed by atoms with E-state index < -0.39 is 31.6 Å². The lowest BCUT2D eigenvalue weighted by Gasteiger charge is -2.31. The van der Waals surface area contributed by atoms with Crippen molar-refractivity contribution < 1.29 is 28.3 Å². The van der Waals surface area contributed by atoms with Crippen LogP contribution in [0.2, 0.25) is 18.6 Å². The fourth-order valence-electron chi connectivity index (χ4n) is 7.91. The van der Waals surface area contributed by atoms with E-state index in [1.165, 1.54) is 5.01 Å². The number of aliphatic hydroxyl groups is 1. The van der Waals surface area contributed by atoms with Crippen LogP contribution < -0.4 is 9.91 Å². The average molecular weight is 633 g/mol. The third-order valence-corrected chi connectivity index (χ3v) is 12.4. The number of halogens is 1. The van der Waals surface area contributed by atoms with E-state index in [0.29, 0.717) is 29.9 Å². The first kappa shape index (κ1) is 31.3. The molecule has 0 saturated carbocycles. The Morgan fingerprint density at radius 2 is 1.96 bits per heavy atom. The lowest BCUT2D eigenvalue weighted by Crippen LogP contribution is -2.45. The van der Waals surface area contributed by atoms with Crippen molar-refractivity contribution >= 4 is 43.2 Å². The molecular weight excluding hydrogens is 591 g/mol. The van der Waals surface area contributed by atoms with E-state index in [0.717, 1.165) is 24.1 Å². The normalized spacial score (nSPS) is 28.2. The average Bonchev–Trinajstić information content (AvgIpc) is 3.68. The summed E-state index contributed by atoms with van der Waals surface area (Å²) in [4.78, 5) is 44.5. The largest absolute Gasteiger partial charge is 0.394 e. The van der Waals surface area contributed by atoms with Crippen LogP contribution in [0.1, 0.15) is 50.2 Å². The second kappa shape index (κ2) is 11.9. The molecule has 238 valence electrons. The van der Waals surface area contributed by atoms with E-state index in [2.05, 4.69) is 6.58 Å². The lowest BCUT2D eigenvalue weighted by molar-refractivity contribution is -0.149. The highest BCUT2D eigenvalue weighted by Crippen LogP contribution is 2.60. The van der Waals surface area contributed by atoms with Crippen molar-refractivity contribution in [3.05, 3.63) is 72.3 Å². The molecule has 0 bridgehead atoms. The van der Waals surface area contributed by atoms with Crippen molar-refractivity contribution in [1.82, 2.24) is 4.90 Å². The first-order chi connectivity index (χ1) is 21.5. The zero-order chi connectivity index (χ0) is 32.1. The van der Waals surface area contributed by atoms with Gasteiger partial charge < -0.3 is 23.8 Å². The molecule has 0 aliphatic carbocycles. The van der Waals surface area contributed by atoms with Gasteiger partial charge in [-0.25, -0.2) is 5.01 Å². The number of ether oxygens (including phenoxy) is 1. The van der Waals surface area contributed by atoms with Crippen LogP contribution >= 0.6 is 0 Å². The van der Waals surface area contributed by atoms with Crippen molar-refractivity contribution in [2.45, 2.75) is 75.4 Å². The molecule has 4 heterocycles. The molecule has 5 atom stereocenters. The maximum absolute atomic E-state index is 16.3. The molecule has 3 amide bonds. The third-order valence-electron chi connectivity index (χ3n) is 9.92. The summed E-state index contributed by atoms with van der Waals surface area (Å²) in [6.45, 7) is 9.52. The maximum atomic E-state index is 16.3. The molecule has 9 nitrogen and oxygen atoms in total. The number of anilines is 2. The van der Waals surface area contributed by atoms with Gasteiger partial charge in [-0.1, -0.05) is 43.3 Å². The van der Waals surface area contributed by atoms with Gasteiger partial charge in [0.25, 0.3) is 5.91 Å². The molecule has 2 aromatic rings. The Morgan fingerprint density at radius 3 is 2.64 bits per heavy atom. The molecule has 1 spiro atoms. The van der Waals surface area contributed by atoms with Crippen LogP contribution in [0.3, 0.4) is 0 Å². The predicted octanol–water partition coefficient (Wildman–Crippen LogP) is 4.90. The van der Waals surface area contributed by atoms with Crippen molar-refractivity contribution in [3.63, 3.8) is 0 Å². The number of carbonyl (C=O) groups excluding carboxylic acids is 3. The van der Waals surface area contributed by atoms with Crippen LogP contribution in [0.25, 0.3) is 0 Å². The van der Waals surface area contributed by atoms with Gasteiger partial charge in [-0.3, -0.25) is 14.4 Å². The van der Waals surface area contributed by atoms with Crippen LogP contribution in [-0.4, -0.2) is 73.7 Å². The predicted molar refractivity (Wildman–Crippen MR) is 173 cm³/mol. The first-order valence-corrected chi connectivity index (χ1v) is 18.8. The smallest absolute Gasteiger partial charge is 0.264 e. The minimum atomic E-state index is -3.49. The number of amides is 3. The minimum absolute atomic E-state index is 0.0767. The number of hydrazone groups is 1. The molecule has 11 heteroatoms. The number of aliphatic hydroxyl groups excluding tert-OH is 1. The SMILES string of the molecule is C=CCN1C(=O)[C@]2(O[C@H](CC(=O)N3CCC[C@H]3CO)[C@@H]([Si](C)(C)F)[C@@H]2C)c2cc(N3N=C(c4ccccc4)CCC3=O)ccc21. The quantitative estimate of drug-likeness (QED) is 0.254. The standard InChI is InChI=1S/C34H41FN4O5Si/c1-5-17-38-28-15-13-24(39-30(41)16-14-27(36-39)23-10-7-6-8-11-23)19-26(28)34(33(38)43)22(2)32(45(3,4)35)29(44-34)20-31(42)37-18-9-12-25(37)21-40/h5-8,10-11,13,15,19,22,25,29,32,40H,1,9,12,14,16-18,20-21H2,2-4H3/t22-,25-,29+,32-,34+/m0/s1. The number of likely N-dealkylation sites (tertiary alicyclic amines) is 1. The fraction of sp³-hybridized carbons (Fsp3) is 0.471. The number of rotatable bonds is 8. The topological polar surface area (TPSA) is 103 Å². The Hall–Kier alpha value is -3.67. The summed E-state index contributed by atoms with van der Waals surface area (Å²) in [5, 5.41) is 15.9. The zero-order valence-corrected chi connectivity index (χ0v) is 27.1. The van der Waals surface area contributed by atoms with E-state index in [-0.39, 0.29) is 49.8 Å². The number of carbonyl (C=O) groups is 3. The van der Waals surface area contributed by atoms with Gasteiger partial charge in [-0.2, -0.15) is 5.10 Å². The zero-order valence-electron chi connectivity index (χ0n) is 26.1. The van der Waals surface area contributed by atoms with Crippen LogP contribution in [0, 0.1) is 5.92 Å². The second-order valence-corrected chi connectivity index (χ2v) is 16.9. The highest BCUT2D eigenvalue weighted by atomic mass is 28.4. The van der Waals surface area contributed by atoms with E-state index in [9.17, 15) is 19.5 Å².